The summed E-state index contributed by atoms with van der Waals surface area (Å²) in [7, 11) is 0. The highest BCUT2D eigenvalue weighted by Gasteiger charge is 2.08. The summed E-state index contributed by atoms with van der Waals surface area (Å²) >= 11 is 0. The number of carbonyl (C=O) groups is 1. The maximum Gasteiger partial charge on any atom is 0.160 e. The Labute approximate surface area is 95.8 Å². The minimum atomic E-state index is 0.0198. The van der Waals surface area contributed by atoms with Crippen molar-refractivity contribution < 1.29 is 9.53 Å². The van der Waals surface area contributed by atoms with Crippen LogP contribution in [-0.4, -0.2) is 27.4 Å². The van der Waals surface area contributed by atoms with Crippen LogP contribution in [-0.2, 0) is 16.1 Å². The molecule has 0 unspecified atom stereocenters. The zero-order valence-electron chi connectivity index (χ0n) is 10.3. The van der Waals surface area contributed by atoms with Gasteiger partial charge in [0.1, 0.15) is 12.3 Å². The first kappa shape index (κ1) is 12.8. The number of nitrogens with zero attached hydrogens (tertiary/aromatic N) is 3. The Kier molecular flexibility index (Phi) is 4.61. The van der Waals surface area contributed by atoms with Crippen LogP contribution >= 0.6 is 0 Å². The van der Waals surface area contributed by atoms with E-state index in [1.807, 2.05) is 33.9 Å². The van der Waals surface area contributed by atoms with E-state index in [-0.39, 0.29) is 18.3 Å². The normalized spacial score (nSPS) is 11.4. The molecular formula is C11H19N3O2. The molecule has 0 amide bonds. The smallest absolute Gasteiger partial charge is 0.160 e. The van der Waals surface area contributed by atoms with E-state index in [9.17, 15) is 4.79 Å². The van der Waals surface area contributed by atoms with Crippen molar-refractivity contribution >= 4 is 5.78 Å². The molecule has 0 bridgehead atoms. The van der Waals surface area contributed by atoms with Gasteiger partial charge in [-0.1, -0.05) is 19.1 Å². The Hall–Kier alpha value is -1.23. The maximum absolute atomic E-state index is 11.3. The largest absolute Gasteiger partial charge is 0.367 e. The number of hydrogen-bond acceptors (Lipinski definition) is 4. The van der Waals surface area contributed by atoms with Gasteiger partial charge in [0.15, 0.2) is 5.78 Å². The summed E-state index contributed by atoms with van der Waals surface area (Å²) in [5, 5.41) is 7.91. The van der Waals surface area contributed by atoms with Gasteiger partial charge in [0.05, 0.1) is 12.8 Å². The lowest BCUT2D eigenvalue weighted by Gasteiger charge is -2.04. The van der Waals surface area contributed by atoms with Gasteiger partial charge in [-0.3, -0.25) is 4.79 Å². The molecule has 0 aliphatic heterocycles. The van der Waals surface area contributed by atoms with Crippen molar-refractivity contribution in [2.24, 2.45) is 5.92 Å². The van der Waals surface area contributed by atoms with Crippen molar-refractivity contribution in [1.29, 1.82) is 0 Å². The molecule has 1 rings (SSSR count). The lowest BCUT2D eigenvalue weighted by atomic mass is 10.1. The topological polar surface area (TPSA) is 57.0 Å². The summed E-state index contributed by atoms with van der Waals surface area (Å²) in [4.78, 5) is 11.3. The summed E-state index contributed by atoms with van der Waals surface area (Å²) < 4.78 is 7.04. The quantitative estimate of drug-likeness (QED) is 0.738. The third kappa shape index (κ3) is 3.73. The lowest BCUT2D eigenvalue weighted by Crippen LogP contribution is -2.14. The molecule has 0 atom stereocenters. The van der Waals surface area contributed by atoms with E-state index in [0.29, 0.717) is 12.6 Å². The number of ether oxygens (including phenoxy) is 1. The number of ketones is 1. The van der Waals surface area contributed by atoms with Crippen molar-refractivity contribution in [2.75, 3.05) is 6.61 Å². The molecule has 0 N–H and O–H groups in total. The summed E-state index contributed by atoms with van der Waals surface area (Å²) in [5.41, 5.74) is 0.755. The predicted octanol–water partition coefficient (Wildman–Crippen LogP) is 1.60. The van der Waals surface area contributed by atoms with Gasteiger partial charge >= 0.3 is 0 Å². The van der Waals surface area contributed by atoms with Gasteiger partial charge in [-0.15, -0.1) is 5.10 Å². The minimum Gasteiger partial charge on any atom is -0.367 e. The fourth-order valence-electron chi connectivity index (χ4n) is 1.05. The van der Waals surface area contributed by atoms with E-state index < -0.39 is 0 Å². The average molecular weight is 225 g/mol. The molecule has 0 aliphatic rings. The van der Waals surface area contributed by atoms with E-state index in [1.54, 1.807) is 4.68 Å². The van der Waals surface area contributed by atoms with Crippen LogP contribution in [0.4, 0.5) is 0 Å². The number of carbonyl (C=O) groups excluding carboxylic acids is 1. The fraction of sp³-hybridized carbons (Fsp3) is 0.727. The first-order chi connectivity index (χ1) is 7.50. The Balaban J connectivity index is 2.35. The second-order valence-electron chi connectivity index (χ2n) is 4.40. The van der Waals surface area contributed by atoms with Crippen molar-refractivity contribution in [2.45, 2.75) is 40.3 Å². The van der Waals surface area contributed by atoms with E-state index >= 15 is 0 Å². The Morgan fingerprint density at radius 2 is 2.12 bits per heavy atom. The van der Waals surface area contributed by atoms with E-state index in [1.165, 1.54) is 0 Å². The molecule has 0 aliphatic carbocycles. The molecule has 5 nitrogen and oxygen atoms in total. The Morgan fingerprint density at radius 3 is 2.62 bits per heavy atom. The van der Waals surface area contributed by atoms with Crippen LogP contribution in [0.2, 0.25) is 0 Å². The Bertz CT molecular complexity index is 345. The number of Topliss-reactive ketones (excluding diaryl/α,β-unsaturated/α-hetero) is 1. The van der Waals surface area contributed by atoms with E-state index in [4.69, 9.17) is 4.74 Å². The summed E-state index contributed by atoms with van der Waals surface area (Å²) in [6, 6.07) is 0.290. The third-order valence-corrected chi connectivity index (χ3v) is 2.23. The average Bonchev–Trinajstić information content (AvgIpc) is 2.66. The van der Waals surface area contributed by atoms with Crippen LogP contribution in [0.3, 0.4) is 0 Å². The fourth-order valence-corrected chi connectivity index (χ4v) is 1.05. The predicted molar refractivity (Wildman–Crippen MR) is 59.9 cm³/mol. The van der Waals surface area contributed by atoms with E-state index in [2.05, 4.69) is 10.3 Å². The van der Waals surface area contributed by atoms with Crippen molar-refractivity contribution in [1.82, 2.24) is 15.0 Å². The molecular weight excluding hydrogens is 206 g/mol. The highest BCUT2D eigenvalue weighted by Crippen LogP contribution is 2.04. The van der Waals surface area contributed by atoms with Crippen LogP contribution in [0.5, 0.6) is 0 Å². The second kappa shape index (κ2) is 5.75. The van der Waals surface area contributed by atoms with Gasteiger partial charge in [0.25, 0.3) is 0 Å². The zero-order valence-corrected chi connectivity index (χ0v) is 10.3. The molecule has 0 saturated heterocycles. The molecule has 5 heteroatoms. The lowest BCUT2D eigenvalue weighted by molar-refractivity contribution is -0.126. The van der Waals surface area contributed by atoms with Gasteiger partial charge < -0.3 is 4.74 Å². The number of hydrogen-bond donors (Lipinski definition) is 0. The zero-order chi connectivity index (χ0) is 12.1. The first-order valence-electron chi connectivity index (χ1n) is 5.52. The molecule has 90 valence electrons. The summed E-state index contributed by atoms with van der Waals surface area (Å²) in [5.74, 6) is 0.127. The molecule has 1 aromatic rings. The number of rotatable bonds is 6. The van der Waals surface area contributed by atoms with Crippen LogP contribution < -0.4 is 0 Å². The molecule has 0 fully saturated rings. The maximum atomic E-state index is 11.3. The van der Waals surface area contributed by atoms with Crippen LogP contribution in [0.25, 0.3) is 0 Å². The van der Waals surface area contributed by atoms with Gasteiger partial charge in [0.2, 0.25) is 0 Å². The van der Waals surface area contributed by atoms with Gasteiger partial charge in [0, 0.05) is 12.0 Å². The van der Waals surface area contributed by atoms with Crippen molar-refractivity contribution in [3.8, 4) is 0 Å². The molecule has 1 aromatic heterocycles. The van der Waals surface area contributed by atoms with E-state index in [0.717, 1.165) is 5.69 Å². The molecule has 16 heavy (non-hydrogen) atoms. The third-order valence-electron chi connectivity index (χ3n) is 2.23. The molecule has 0 saturated carbocycles. The molecule has 0 spiro atoms. The summed E-state index contributed by atoms with van der Waals surface area (Å²) in [6.45, 7) is 8.27. The standard InChI is InChI=1S/C11H19N3O2/c1-8(2)11(15)7-16-6-10-5-14(9(3)4)13-12-10/h5,8-9H,6-7H2,1-4H3. The number of aromatic nitrogens is 3. The highest BCUT2D eigenvalue weighted by molar-refractivity contribution is 5.81. The Morgan fingerprint density at radius 1 is 1.44 bits per heavy atom. The summed E-state index contributed by atoms with van der Waals surface area (Å²) in [6.07, 6.45) is 1.84. The van der Waals surface area contributed by atoms with Crippen LogP contribution in [0.1, 0.15) is 39.4 Å². The highest BCUT2D eigenvalue weighted by atomic mass is 16.5. The van der Waals surface area contributed by atoms with Crippen LogP contribution in [0, 0.1) is 5.92 Å². The molecule has 0 radical (unpaired) electrons. The molecule has 1 heterocycles. The van der Waals surface area contributed by atoms with Gasteiger partial charge in [-0.2, -0.15) is 0 Å². The first-order valence-corrected chi connectivity index (χ1v) is 5.52. The minimum absolute atomic E-state index is 0.0198. The van der Waals surface area contributed by atoms with Crippen LogP contribution in [0.15, 0.2) is 6.20 Å². The van der Waals surface area contributed by atoms with Gasteiger partial charge in [-0.25, -0.2) is 4.68 Å². The van der Waals surface area contributed by atoms with Gasteiger partial charge in [-0.05, 0) is 13.8 Å². The monoisotopic (exact) mass is 225 g/mol. The molecule has 0 aromatic carbocycles. The van der Waals surface area contributed by atoms with Crippen molar-refractivity contribution in [3.63, 3.8) is 0 Å². The SMILES string of the molecule is CC(C)C(=O)COCc1cn(C(C)C)nn1. The second-order valence-corrected chi connectivity index (χ2v) is 4.40. The van der Waals surface area contributed by atoms with Crippen molar-refractivity contribution in [3.05, 3.63) is 11.9 Å².